The number of fused-ring (bicyclic) bond motifs is 1. The van der Waals surface area contributed by atoms with Crippen LogP contribution in [-0.4, -0.2) is 19.4 Å². The lowest BCUT2D eigenvalue weighted by molar-refractivity contribution is 0.596. The van der Waals surface area contributed by atoms with Gasteiger partial charge in [0.1, 0.15) is 29.3 Å². The second-order valence-corrected chi connectivity index (χ2v) is 6.62. The Balaban J connectivity index is 1.51. The summed E-state index contributed by atoms with van der Waals surface area (Å²) in [6.07, 6.45) is 4.93. The van der Waals surface area contributed by atoms with Crippen LogP contribution >= 0.6 is 0 Å². The van der Waals surface area contributed by atoms with E-state index in [-0.39, 0.29) is 11.6 Å². The Labute approximate surface area is 169 Å². The van der Waals surface area contributed by atoms with E-state index < -0.39 is 0 Å². The number of nitrogens with one attached hydrogen (secondary N) is 1. The zero-order valence-electron chi connectivity index (χ0n) is 15.6. The molecule has 3 aromatic heterocycles. The predicted octanol–water partition coefficient (Wildman–Crippen LogP) is 4.94. The molecule has 1 N–H and O–H groups in total. The van der Waals surface area contributed by atoms with Gasteiger partial charge in [-0.2, -0.15) is 4.98 Å². The average Bonchev–Trinajstić information content (AvgIpc) is 3.35. The average molecular weight is 403 g/mol. The summed E-state index contributed by atoms with van der Waals surface area (Å²) < 4.78 is 33.7. The Morgan fingerprint density at radius 1 is 0.900 bits per heavy atom. The van der Waals surface area contributed by atoms with Crippen molar-refractivity contribution < 1.29 is 13.2 Å². The van der Waals surface area contributed by atoms with Crippen LogP contribution in [0.3, 0.4) is 0 Å². The van der Waals surface area contributed by atoms with E-state index in [1.807, 2.05) is 0 Å². The van der Waals surface area contributed by atoms with Crippen LogP contribution in [0.25, 0.3) is 28.5 Å². The largest absolute Gasteiger partial charge is 0.432 e. The zero-order chi connectivity index (χ0) is 20.5. The maximum Gasteiger partial charge on any atom is 0.306 e. The van der Waals surface area contributed by atoms with Gasteiger partial charge >= 0.3 is 5.84 Å². The summed E-state index contributed by atoms with van der Waals surface area (Å²) in [5.41, 5.74) is 3.60. The minimum atomic E-state index is -0.322. The molecule has 6 nitrogen and oxygen atoms in total. The lowest BCUT2D eigenvalue weighted by Gasteiger charge is -2.08. The standard InChI is InChI=1S/C22H15F2N5O/c23-16-5-1-14(2-6-16)13-26-21-25-10-9-18(27-21)20-19(15-3-7-17(24)8-4-15)28-22-29(20)11-12-30-22/h1-12H,13H2,(H,25,26,27). The first-order chi connectivity index (χ1) is 14.7. The summed E-state index contributed by atoms with van der Waals surface area (Å²) in [6, 6.07) is 14.1. The SMILES string of the molecule is Fc1ccc(CNc2nccc(-c3c(-c4ccc(F)cc4)nc4occn34)n2)cc1. The van der Waals surface area contributed by atoms with E-state index >= 15 is 0 Å². The number of aromatic nitrogens is 4. The minimum absolute atomic E-state index is 0.282. The molecule has 0 saturated heterocycles. The lowest BCUT2D eigenvalue weighted by Crippen LogP contribution is -2.04. The molecule has 2 aromatic carbocycles. The molecular weight excluding hydrogens is 388 g/mol. The molecule has 0 radical (unpaired) electrons. The lowest BCUT2D eigenvalue weighted by atomic mass is 10.1. The molecule has 8 heteroatoms. The van der Waals surface area contributed by atoms with E-state index in [1.165, 1.54) is 30.5 Å². The van der Waals surface area contributed by atoms with Crippen LogP contribution in [0.4, 0.5) is 14.7 Å². The Hall–Kier alpha value is -4.07. The van der Waals surface area contributed by atoms with Crippen molar-refractivity contribution in [2.45, 2.75) is 6.54 Å². The summed E-state index contributed by atoms with van der Waals surface area (Å²) in [6.45, 7) is 0.447. The molecule has 0 amide bonds. The van der Waals surface area contributed by atoms with Crippen molar-refractivity contribution in [3.8, 4) is 22.6 Å². The molecule has 0 atom stereocenters. The van der Waals surface area contributed by atoms with Crippen LogP contribution in [0, 0.1) is 11.6 Å². The number of rotatable bonds is 5. The molecule has 0 aliphatic carbocycles. The summed E-state index contributed by atoms with van der Waals surface area (Å²) in [5, 5.41) is 3.14. The maximum absolute atomic E-state index is 13.4. The van der Waals surface area contributed by atoms with Gasteiger partial charge in [0.25, 0.3) is 0 Å². The van der Waals surface area contributed by atoms with Gasteiger partial charge in [0, 0.05) is 24.5 Å². The second-order valence-electron chi connectivity index (χ2n) is 6.62. The molecule has 5 rings (SSSR count). The van der Waals surface area contributed by atoms with E-state index in [0.717, 1.165) is 11.1 Å². The summed E-state index contributed by atoms with van der Waals surface area (Å²) >= 11 is 0. The fourth-order valence-electron chi connectivity index (χ4n) is 3.20. The Morgan fingerprint density at radius 3 is 2.40 bits per heavy atom. The normalized spacial score (nSPS) is 11.1. The Bertz CT molecular complexity index is 1310. The summed E-state index contributed by atoms with van der Waals surface area (Å²) in [5.74, 6) is 0.219. The van der Waals surface area contributed by atoms with E-state index in [0.29, 0.717) is 35.4 Å². The maximum atomic E-state index is 13.4. The van der Waals surface area contributed by atoms with Crippen LogP contribution in [0.5, 0.6) is 0 Å². The topological polar surface area (TPSA) is 68.2 Å². The zero-order valence-corrected chi connectivity index (χ0v) is 15.6. The van der Waals surface area contributed by atoms with Gasteiger partial charge in [-0.25, -0.2) is 18.7 Å². The van der Waals surface area contributed by atoms with Crippen molar-refractivity contribution in [3.05, 3.63) is 90.5 Å². The minimum Gasteiger partial charge on any atom is -0.432 e. The number of halogens is 2. The van der Waals surface area contributed by atoms with Crippen molar-refractivity contribution in [2.24, 2.45) is 0 Å². The van der Waals surface area contributed by atoms with Crippen molar-refractivity contribution >= 4 is 11.8 Å². The molecule has 0 fully saturated rings. The third-order valence-corrected chi connectivity index (χ3v) is 4.64. The first-order valence-corrected chi connectivity index (χ1v) is 9.20. The molecule has 0 unspecified atom stereocenters. The molecular formula is C22H15F2N5O. The van der Waals surface area contributed by atoms with Crippen LogP contribution < -0.4 is 5.32 Å². The molecule has 0 saturated carbocycles. The van der Waals surface area contributed by atoms with Crippen LogP contribution in [0.15, 0.2) is 77.7 Å². The number of benzene rings is 2. The molecule has 0 aliphatic rings. The van der Waals surface area contributed by atoms with E-state index in [4.69, 9.17) is 4.42 Å². The highest BCUT2D eigenvalue weighted by Crippen LogP contribution is 2.32. The number of imidazole rings is 1. The van der Waals surface area contributed by atoms with Gasteiger partial charge in [-0.1, -0.05) is 12.1 Å². The Morgan fingerprint density at radius 2 is 1.63 bits per heavy atom. The molecule has 3 heterocycles. The third kappa shape index (κ3) is 3.39. The first-order valence-electron chi connectivity index (χ1n) is 9.20. The first kappa shape index (κ1) is 18.0. The fraction of sp³-hybridized carbons (Fsp3) is 0.0455. The summed E-state index contributed by atoms with van der Waals surface area (Å²) in [4.78, 5) is 13.4. The van der Waals surface area contributed by atoms with E-state index in [1.54, 1.807) is 47.1 Å². The van der Waals surface area contributed by atoms with Crippen molar-refractivity contribution in [1.82, 2.24) is 19.4 Å². The van der Waals surface area contributed by atoms with Gasteiger partial charge in [-0.15, -0.1) is 0 Å². The van der Waals surface area contributed by atoms with E-state index in [9.17, 15) is 8.78 Å². The number of oxazole rings is 1. The van der Waals surface area contributed by atoms with Gasteiger partial charge in [0.15, 0.2) is 0 Å². The predicted molar refractivity (Wildman–Crippen MR) is 108 cm³/mol. The number of nitrogens with zero attached hydrogens (tertiary/aromatic N) is 4. The van der Waals surface area contributed by atoms with Crippen LogP contribution in [-0.2, 0) is 6.54 Å². The monoisotopic (exact) mass is 403 g/mol. The van der Waals surface area contributed by atoms with Crippen LogP contribution in [0.2, 0.25) is 0 Å². The van der Waals surface area contributed by atoms with Gasteiger partial charge < -0.3 is 9.73 Å². The van der Waals surface area contributed by atoms with Gasteiger partial charge in [0.05, 0.1) is 5.69 Å². The van der Waals surface area contributed by atoms with Crippen molar-refractivity contribution in [2.75, 3.05) is 5.32 Å². The van der Waals surface area contributed by atoms with Crippen molar-refractivity contribution in [1.29, 1.82) is 0 Å². The van der Waals surface area contributed by atoms with E-state index in [2.05, 4.69) is 20.3 Å². The van der Waals surface area contributed by atoms with Gasteiger partial charge in [-0.05, 0) is 48.0 Å². The smallest absolute Gasteiger partial charge is 0.306 e. The quantitative estimate of drug-likeness (QED) is 0.450. The van der Waals surface area contributed by atoms with Crippen molar-refractivity contribution in [3.63, 3.8) is 0 Å². The highest BCUT2D eigenvalue weighted by Gasteiger charge is 2.19. The fourth-order valence-corrected chi connectivity index (χ4v) is 3.20. The number of anilines is 1. The molecule has 30 heavy (non-hydrogen) atoms. The molecule has 0 bridgehead atoms. The molecule has 5 aromatic rings. The third-order valence-electron chi connectivity index (χ3n) is 4.64. The highest BCUT2D eigenvalue weighted by molar-refractivity contribution is 5.79. The van der Waals surface area contributed by atoms with Crippen LogP contribution in [0.1, 0.15) is 5.56 Å². The second kappa shape index (κ2) is 7.40. The van der Waals surface area contributed by atoms with Gasteiger partial charge in [-0.3, -0.25) is 4.40 Å². The molecule has 0 aliphatic heterocycles. The summed E-state index contributed by atoms with van der Waals surface area (Å²) in [7, 11) is 0. The molecule has 148 valence electrons. The highest BCUT2D eigenvalue weighted by atomic mass is 19.1. The number of hydrogen-bond acceptors (Lipinski definition) is 5. The number of hydrogen-bond donors (Lipinski definition) is 1. The van der Waals surface area contributed by atoms with Gasteiger partial charge in [0.2, 0.25) is 5.95 Å². The molecule has 0 spiro atoms. The Kier molecular flexibility index (Phi) is 4.44.